The van der Waals surface area contributed by atoms with Crippen molar-refractivity contribution in [1.29, 1.82) is 0 Å². The number of amides is 2. The summed E-state index contributed by atoms with van der Waals surface area (Å²) in [5, 5.41) is 8.14. The number of thiazole rings is 1. The van der Waals surface area contributed by atoms with Crippen LogP contribution >= 0.6 is 22.9 Å². The predicted octanol–water partition coefficient (Wildman–Crippen LogP) is 3.39. The first-order chi connectivity index (χ1) is 11.1. The maximum absolute atomic E-state index is 12.2. The minimum atomic E-state index is -0.696. The van der Waals surface area contributed by atoms with Crippen LogP contribution in [-0.2, 0) is 9.59 Å². The van der Waals surface area contributed by atoms with Crippen LogP contribution in [0.1, 0.15) is 30.9 Å². The molecule has 5 nitrogen and oxygen atoms in total. The molecule has 1 aliphatic rings. The summed E-state index contributed by atoms with van der Waals surface area (Å²) in [5.74, 6) is -0.988. The summed E-state index contributed by atoms with van der Waals surface area (Å²) >= 11 is 7.19. The van der Waals surface area contributed by atoms with Gasteiger partial charge in [-0.2, -0.15) is 0 Å². The number of anilines is 1. The van der Waals surface area contributed by atoms with Crippen molar-refractivity contribution >= 4 is 39.9 Å². The van der Waals surface area contributed by atoms with E-state index in [0.717, 1.165) is 24.8 Å². The highest BCUT2D eigenvalue weighted by Crippen LogP contribution is 2.38. The van der Waals surface area contributed by atoms with E-state index in [-0.39, 0.29) is 6.04 Å². The normalized spacial score (nSPS) is 15.5. The lowest BCUT2D eigenvalue weighted by atomic mass is 9.77. The Morgan fingerprint density at radius 2 is 1.96 bits per heavy atom. The molecule has 120 valence electrons. The van der Waals surface area contributed by atoms with Crippen LogP contribution < -0.4 is 10.6 Å². The third-order valence-electron chi connectivity index (χ3n) is 4.00. The quantitative estimate of drug-likeness (QED) is 0.831. The second kappa shape index (κ2) is 7.10. The molecular weight excluding hydrogens is 334 g/mol. The summed E-state index contributed by atoms with van der Waals surface area (Å²) in [7, 11) is 0. The summed E-state index contributed by atoms with van der Waals surface area (Å²) in [6.45, 7) is 0. The molecule has 1 atom stereocenters. The van der Waals surface area contributed by atoms with Crippen LogP contribution in [0.3, 0.4) is 0 Å². The molecular formula is C16H16ClN3O2S. The van der Waals surface area contributed by atoms with Gasteiger partial charge in [-0.15, -0.1) is 11.3 Å². The molecule has 2 amide bonds. The fourth-order valence-corrected chi connectivity index (χ4v) is 3.21. The first-order valence-corrected chi connectivity index (χ1v) is 8.66. The molecule has 1 heterocycles. The van der Waals surface area contributed by atoms with Gasteiger partial charge in [0.25, 0.3) is 0 Å². The van der Waals surface area contributed by atoms with E-state index < -0.39 is 11.8 Å². The number of nitrogens with one attached hydrogen (secondary N) is 2. The van der Waals surface area contributed by atoms with Crippen molar-refractivity contribution in [2.24, 2.45) is 5.92 Å². The zero-order valence-corrected chi connectivity index (χ0v) is 13.9. The smallest absolute Gasteiger partial charge is 0.315 e. The Balaban J connectivity index is 1.69. The highest BCUT2D eigenvalue weighted by molar-refractivity contribution is 7.13. The van der Waals surface area contributed by atoms with E-state index in [0.29, 0.717) is 16.1 Å². The van der Waals surface area contributed by atoms with Gasteiger partial charge in [-0.1, -0.05) is 30.2 Å². The molecule has 1 aromatic heterocycles. The molecule has 3 rings (SSSR count). The van der Waals surface area contributed by atoms with Crippen LogP contribution in [0.15, 0.2) is 35.8 Å². The van der Waals surface area contributed by atoms with Gasteiger partial charge in [0.1, 0.15) is 0 Å². The zero-order valence-electron chi connectivity index (χ0n) is 12.3. The Bertz CT molecular complexity index is 684. The number of nitrogens with zero attached hydrogens (tertiary/aromatic N) is 1. The van der Waals surface area contributed by atoms with Crippen molar-refractivity contribution in [3.05, 3.63) is 46.4 Å². The molecule has 1 saturated carbocycles. The average molecular weight is 350 g/mol. The summed E-state index contributed by atoms with van der Waals surface area (Å²) in [4.78, 5) is 28.1. The number of carbonyl (C=O) groups excluding carboxylic acids is 2. The van der Waals surface area contributed by atoms with E-state index >= 15 is 0 Å². The van der Waals surface area contributed by atoms with Gasteiger partial charge in [-0.05, 0) is 36.5 Å². The topological polar surface area (TPSA) is 71.1 Å². The Kier molecular flexibility index (Phi) is 4.93. The van der Waals surface area contributed by atoms with Crippen LogP contribution in [0.4, 0.5) is 5.13 Å². The lowest BCUT2D eigenvalue weighted by Gasteiger charge is -2.34. The van der Waals surface area contributed by atoms with E-state index in [9.17, 15) is 9.59 Å². The fourth-order valence-electron chi connectivity index (χ4n) is 2.56. The van der Waals surface area contributed by atoms with Gasteiger partial charge in [0.2, 0.25) is 0 Å². The summed E-state index contributed by atoms with van der Waals surface area (Å²) < 4.78 is 0. The van der Waals surface area contributed by atoms with Crippen molar-refractivity contribution in [3.63, 3.8) is 0 Å². The minimum Gasteiger partial charge on any atom is -0.341 e. The lowest BCUT2D eigenvalue weighted by Crippen LogP contribution is -2.41. The molecule has 2 N–H and O–H groups in total. The molecule has 1 fully saturated rings. The van der Waals surface area contributed by atoms with Crippen LogP contribution in [0, 0.1) is 5.92 Å². The van der Waals surface area contributed by atoms with Crippen molar-refractivity contribution in [2.45, 2.75) is 25.3 Å². The van der Waals surface area contributed by atoms with Crippen molar-refractivity contribution < 1.29 is 9.59 Å². The Morgan fingerprint density at radius 3 is 2.52 bits per heavy atom. The number of aromatic nitrogens is 1. The monoisotopic (exact) mass is 349 g/mol. The standard InChI is InChI=1S/C16H16ClN3O2S/c17-12-6-4-11(5-7-12)13(10-2-1-3-10)19-14(21)15(22)20-16-18-8-9-23-16/h4-10,13H,1-3H2,(H,19,21)(H,18,20,22). The highest BCUT2D eigenvalue weighted by atomic mass is 35.5. The summed E-state index contributed by atoms with van der Waals surface area (Å²) in [5.41, 5.74) is 0.967. The van der Waals surface area contributed by atoms with Crippen LogP contribution in [0.5, 0.6) is 0 Å². The number of benzene rings is 1. The number of carbonyl (C=O) groups is 2. The van der Waals surface area contributed by atoms with Gasteiger partial charge in [0.15, 0.2) is 5.13 Å². The Hall–Kier alpha value is -1.92. The molecule has 2 aromatic rings. The lowest BCUT2D eigenvalue weighted by molar-refractivity contribution is -0.137. The molecule has 0 aliphatic heterocycles. The SMILES string of the molecule is O=C(Nc1nccs1)C(=O)NC(c1ccc(Cl)cc1)C1CCC1. The molecule has 1 aromatic carbocycles. The van der Waals surface area contributed by atoms with E-state index in [1.807, 2.05) is 12.1 Å². The van der Waals surface area contributed by atoms with Crippen molar-refractivity contribution in [3.8, 4) is 0 Å². The Labute approximate surface area is 143 Å². The minimum absolute atomic E-state index is 0.171. The average Bonchev–Trinajstić information content (AvgIpc) is 2.98. The van der Waals surface area contributed by atoms with Gasteiger partial charge in [-0.3, -0.25) is 14.9 Å². The molecule has 0 radical (unpaired) electrons. The third kappa shape index (κ3) is 3.89. The molecule has 7 heteroatoms. The third-order valence-corrected chi connectivity index (χ3v) is 4.94. The molecule has 1 aliphatic carbocycles. The second-order valence-corrected chi connectivity index (χ2v) is 6.82. The Morgan fingerprint density at radius 1 is 1.22 bits per heavy atom. The molecule has 0 spiro atoms. The molecule has 1 unspecified atom stereocenters. The number of hydrogen-bond acceptors (Lipinski definition) is 4. The summed E-state index contributed by atoms with van der Waals surface area (Å²) in [6.07, 6.45) is 4.81. The van der Waals surface area contributed by atoms with Gasteiger partial charge in [0.05, 0.1) is 6.04 Å². The molecule has 0 bridgehead atoms. The highest BCUT2D eigenvalue weighted by Gasteiger charge is 2.31. The van der Waals surface area contributed by atoms with Gasteiger partial charge < -0.3 is 5.32 Å². The van der Waals surface area contributed by atoms with E-state index in [1.165, 1.54) is 11.3 Å². The van der Waals surface area contributed by atoms with Gasteiger partial charge in [0, 0.05) is 16.6 Å². The maximum Gasteiger partial charge on any atom is 0.315 e. The van der Waals surface area contributed by atoms with E-state index in [1.54, 1.807) is 23.7 Å². The van der Waals surface area contributed by atoms with Crippen LogP contribution in [-0.4, -0.2) is 16.8 Å². The molecule has 0 saturated heterocycles. The number of hydrogen-bond donors (Lipinski definition) is 2. The molecule has 23 heavy (non-hydrogen) atoms. The number of rotatable bonds is 4. The van der Waals surface area contributed by atoms with Gasteiger partial charge in [-0.25, -0.2) is 4.98 Å². The van der Waals surface area contributed by atoms with E-state index in [2.05, 4.69) is 15.6 Å². The maximum atomic E-state index is 12.2. The first-order valence-electron chi connectivity index (χ1n) is 7.40. The second-order valence-electron chi connectivity index (χ2n) is 5.49. The van der Waals surface area contributed by atoms with Crippen LogP contribution in [0.2, 0.25) is 5.02 Å². The van der Waals surface area contributed by atoms with Crippen LogP contribution in [0.25, 0.3) is 0 Å². The number of halogens is 1. The zero-order chi connectivity index (χ0) is 16.2. The van der Waals surface area contributed by atoms with Crippen molar-refractivity contribution in [2.75, 3.05) is 5.32 Å². The van der Waals surface area contributed by atoms with E-state index in [4.69, 9.17) is 11.6 Å². The summed E-state index contributed by atoms with van der Waals surface area (Å²) in [6, 6.07) is 7.21. The fraction of sp³-hybridized carbons (Fsp3) is 0.312. The van der Waals surface area contributed by atoms with Gasteiger partial charge >= 0.3 is 11.8 Å². The largest absolute Gasteiger partial charge is 0.341 e. The first kappa shape index (κ1) is 16.0. The van der Waals surface area contributed by atoms with Crippen molar-refractivity contribution in [1.82, 2.24) is 10.3 Å². The predicted molar refractivity (Wildman–Crippen MR) is 90.4 cm³/mol.